The molecule has 0 bridgehead atoms. The van der Waals surface area contributed by atoms with Gasteiger partial charge in [-0.15, -0.1) is 5.10 Å². The number of hydrogen-bond donors (Lipinski definition) is 1. The minimum Gasteiger partial charge on any atom is -0.383 e. The van der Waals surface area contributed by atoms with Crippen LogP contribution in [-0.2, 0) is 11.3 Å². The molecule has 8 heteroatoms. The second-order valence-corrected chi connectivity index (χ2v) is 5.49. The van der Waals surface area contributed by atoms with Crippen LogP contribution < -0.4 is 5.32 Å². The number of rotatable bonds is 6. The molecule has 1 aromatic heterocycles. The van der Waals surface area contributed by atoms with Gasteiger partial charge < -0.3 is 10.1 Å². The number of methoxy groups -OCH3 is 1. The molecule has 0 aliphatic rings. The van der Waals surface area contributed by atoms with E-state index in [-0.39, 0.29) is 0 Å². The molecule has 0 unspecified atom stereocenters. The molecule has 20 heavy (non-hydrogen) atoms. The van der Waals surface area contributed by atoms with Crippen molar-refractivity contribution in [1.82, 2.24) is 25.5 Å². The van der Waals surface area contributed by atoms with Crippen LogP contribution in [0.3, 0.4) is 0 Å². The molecule has 6 nitrogen and oxygen atoms in total. The van der Waals surface area contributed by atoms with Crippen LogP contribution in [0.5, 0.6) is 0 Å². The number of aryl methyl sites for hydroxylation is 1. The van der Waals surface area contributed by atoms with Gasteiger partial charge in [-0.05, 0) is 51.0 Å². The largest absolute Gasteiger partial charge is 0.383 e. The smallest absolute Gasteiger partial charge is 0.170 e. The third-order valence-corrected chi connectivity index (χ3v) is 3.80. The van der Waals surface area contributed by atoms with E-state index in [2.05, 4.69) is 36.8 Å². The van der Waals surface area contributed by atoms with Gasteiger partial charge in [0.15, 0.2) is 5.82 Å². The molecule has 0 aliphatic carbocycles. The Morgan fingerprint density at radius 3 is 3.00 bits per heavy atom. The predicted molar refractivity (Wildman–Crippen MR) is 80.2 cm³/mol. The van der Waals surface area contributed by atoms with Crippen molar-refractivity contribution < 1.29 is 4.74 Å². The maximum Gasteiger partial charge on any atom is 0.170 e. The zero-order chi connectivity index (χ0) is 14.5. The monoisotopic (exact) mass is 359 g/mol. The Labute approximate surface area is 130 Å². The lowest BCUT2D eigenvalue weighted by Gasteiger charge is -2.09. The van der Waals surface area contributed by atoms with Crippen LogP contribution in [0.25, 0.3) is 5.69 Å². The summed E-state index contributed by atoms with van der Waals surface area (Å²) in [6.07, 6.45) is 0. The molecule has 0 saturated carbocycles. The number of hydrogen-bond acceptors (Lipinski definition) is 5. The van der Waals surface area contributed by atoms with E-state index in [1.165, 1.54) is 0 Å². The Bertz CT molecular complexity index is 589. The molecule has 0 aliphatic heterocycles. The summed E-state index contributed by atoms with van der Waals surface area (Å²) in [5.41, 5.74) is 1.81. The van der Waals surface area contributed by atoms with Gasteiger partial charge in [0.05, 0.1) is 18.8 Å². The van der Waals surface area contributed by atoms with Crippen LogP contribution >= 0.6 is 27.5 Å². The summed E-state index contributed by atoms with van der Waals surface area (Å²) >= 11 is 9.68. The van der Waals surface area contributed by atoms with E-state index in [4.69, 9.17) is 16.3 Å². The fraction of sp³-hybridized carbons (Fsp3) is 0.417. The Balaban J connectivity index is 2.21. The fourth-order valence-electron chi connectivity index (χ4n) is 1.68. The summed E-state index contributed by atoms with van der Waals surface area (Å²) in [5, 5.41) is 15.6. The average Bonchev–Trinajstić information content (AvgIpc) is 2.87. The van der Waals surface area contributed by atoms with E-state index >= 15 is 0 Å². The van der Waals surface area contributed by atoms with Gasteiger partial charge in [0.2, 0.25) is 0 Å². The maximum absolute atomic E-state index is 6.17. The van der Waals surface area contributed by atoms with Gasteiger partial charge >= 0.3 is 0 Å². The van der Waals surface area contributed by atoms with Gasteiger partial charge in [-0.25, -0.2) is 0 Å². The van der Waals surface area contributed by atoms with E-state index in [0.717, 1.165) is 22.3 Å². The third kappa shape index (κ3) is 3.54. The SMILES string of the molecule is COCCNCc1nnnn1-c1cc(Cl)c(C)cc1Br. The lowest BCUT2D eigenvalue weighted by molar-refractivity contribution is 0.199. The summed E-state index contributed by atoms with van der Waals surface area (Å²) in [6, 6.07) is 3.79. The maximum atomic E-state index is 6.17. The van der Waals surface area contributed by atoms with E-state index in [0.29, 0.717) is 24.0 Å². The highest BCUT2D eigenvalue weighted by atomic mass is 79.9. The van der Waals surface area contributed by atoms with Crippen LogP contribution in [-0.4, -0.2) is 40.5 Å². The van der Waals surface area contributed by atoms with E-state index in [1.807, 2.05) is 19.1 Å². The molecule has 1 N–H and O–H groups in total. The third-order valence-electron chi connectivity index (χ3n) is 2.76. The predicted octanol–water partition coefficient (Wildman–Crippen LogP) is 2.12. The van der Waals surface area contributed by atoms with Crippen molar-refractivity contribution in [2.45, 2.75) is 13.5 Å². The fourth-order valence-corrected chi connectivity index (χ4v) is 2.46. The van der Waals surface area contributed by atoms with Crippen LogP contribution in [0, 0.1) is 6.92 Å². The summed E-state index contributed by atoms with van der Waals surface area (Å²) in [5.74, 6) is 0.710. The Hall–Kier alpha value is -1.02. The minimum atomic E-state index is 0.550. The molecule has 1 heterocycles. The van der Waals surface area contributed by atoms with E-state index in [1.54, 1.807) is 11.8 Å². The molecule has 2 rings (SSSR count). The normalized spacial score (nSPS) is 11.0. The van der Waals surface area contributed by atoms with Crippen molar-refractivity contribution in [3.05, 3.63) is 33.0 Å². The van der Waals surface area contributed by atoms with Crippen molar-refractivity contribution in [2.75, 3.05) is 20.3 Å². The highest BCUT2D eigenvalue weighted by Gasteiger charge is 2.12. The number of ether oxygens (including phenoxy) is 1. The van der Waals surface area contributed by atoms with Gasteiger partial charge in [0.1, 0.15) is 0 Å². The first kappa shape index (κ1) is 15.4. The van der Waals surface area contributed by atoms with Gasteiger partial charge in [0, 0.05) is 23.1 Å². The standard InChI is InChI=1S/C12H15BrClN5O/c1-8-5-9(13)11(6-10(8)14)19-12(16-17-18-19)7-15-3-4-20-2/h5-6,15H,3-4,7H2,1-2H3. The average molecular weight is 361 g/mol. The zero-order valence-corrected chi connectivity index (χ0v) is 13.6. The minimum absolute atomic E-state index is 0.550. The van der Waals surface area contributed by atoms with Crippen LogP contribution in [0.15, 0.2) is 16.6 Å². The van der Waals surface area contributed by atoms with E-state index < -0.39 is 0 Å². The first-order chi connectivity index (χ1) is 9.63. The van der Waals surface area contributed by atoms with Gasteiger partial charge in [0.25, 0.3) is 0 Å². The van der Waals surface area contributed by atoms with Crippen LogP contribution in [0.1, 0.15) is 11.4 Å². The molecule has 0 fully saturated rings. The molecule has 0 spiro atoms. The highest BCUT2D eigenvalue weighted by Crippen LogP contribution is 2.27. The molecular weight excluding hydrogens is 346 g/mol. The van der Waals surface area contributed by atoms with Crippen LogP contribution in [0.2, 0.25) is 5.02 Å². The second-order valence-electron chi connectivity index (χ2n) is 4.23. The molecular formula is C12H15BrClN5O. The zero-order valence-electron chi connectivity index (χ0n) is 11.2. The van der Waals surface area contributed by atoms with Crippen molar-refractivity contribution in [2.24, 2.45) is 0 Å². The number of halogens is 2. The van der Waals surface area contributed by atoms with Gasteiger partial charge in [-0.3, -0.25) is 0 Å². The first-order valence-electron chi connectivity index (χ1n) is 6.06. The summed E-state index contributed by atoms with van der Waals surface area (Å²) < 4.78 is 7.53. The quantitative estimate of drug-likeness (QED) is 0.800. The van der Waals surface area contributed by atoms with E-state index in [9.17, 15) is 0 Å². The van der Waals surface area contributed by atoms with Crippen molar-refractivity contribution in [1.29, 1.82) is 0 Å². The Morgan fingerprint density at radius 2 is 2.25 bits per heavy atom. The first-order valence-corrected chi connectivity index (χ1v) is 7.23. The molecule has 0 amide bonds. The number of nitrogens with zero attached hydrogens (tertiary/aromatic N) is 4. The molecule has 0 atom stereocenters. The second kappa shape index (κ2) is 7.12. The van der Waals surface area contributed by atoms with Gasteiger partial charge in [-0.2, -0.15) is 4.68 Å². The lowest BCUT2D eigenvalue weighted by Crippen LogP contribution is -2.21. The summed E-state index contributed by atoms with van der Waals surface area (Å²) in [7, 11) is 1.66. The highest BCUT2D eigenvalue weighted by molar-refractivity contribution is 9.10. The molecule has 0 radical (unpaired) electrons. The number of benzene rings is 1. The van der Waals surface area contributed by atoms with Crippen molar-refractivity contribution >= 4 is 27.5 Å². The number of aromatic nitrogens is 4. The lowest BCUT2D eigenvalue weighted by atomic mass is 10.2. The van der Waals surface area contributed by atoms with Gasteiger partial charge in [-0.1, -0.05) is 11.6 Å². The Kier molecular flexibility index (Phi) is 5.47. The molecule has 108 valence electrons. The molecule has 0 saturated heterocycles. The Morgan fingerprint density at radius 1 is 1.45 bits per heavy atom. The molecule has 2 aromatic rings. The molecule has 1 aromatic carbocycles. The summed E-state index contributed by atoms with van der Waals surface area (Å²) in [4.78, 5) is 0. The van der Waals surface area contributed by atoms with Crippen molar-refractivity contribution in [3.8, 4) is 5.69 Å². The summed E-state index contributed by atoms with van der Waals surface area (Å²) in [6.45, 7) is 3.87. The number of tetrazole rings is 1. The van der Waals surface area contributed by atoms with Crippen molar-refractivity contribution in [3.63, 3.8) is 0 Å². The number of nitrogens with one attached hydrogen (secondary N) is 1. The van der Waals surface area contributed by atoms with Crippen LogP contribution in [0.4, 0.5) is 0 Å². The topological polar surface area (TPSA) is 64.9 Å².